The first-order chi connectivity index (χ1) is 4.87. The van der Waals surface area contributed by atoms with E-state index in [1.54, 1.807) is 0 Å². The molecule has 0 amide bonds. The molecule has 1 nitrogen and oxygen atoms in total. The van der Waals surface area contributed by atoms with E-state index in [4.69, 9.17) is 5.73 Å². The Bertz CT molecular complexity index is 102. The van der Waals surface area contributed by atoms with E-state index in [0.717, 1.165) is 6.42 Å². The molecule has 0 aliphatic heterocycles. The zero-order valence-electron chi connectivity index (χ0n) is 8.65. The van der Waals surface area contributed by atoms with Gasteiger partial charge in [0.2, 0.25) is 0 Å². The van der Waals surface area contributed by atoms with Crippen LogP contribution >= 0.6 is 0 Å². The van der Waals surface area contributed by atoms with E-state index < -0.39 is 0 Å². The van der Waals surface area contributed by atoms with Crippen LogP contribution in [0.25, 0.3) is 0 Å². The predicted molar refractivity (Wildman–Crippen MR) is 51.5 cm³/mol. The smallest absolute Gasteiger partial charge is 0.00694 e. The first-order valence-electron chi connectivity index (χ1n) is 4.62. The molecule has 0 aliphatic carbocycles. The van der Waals surface area contributed by atoms with Crippen molar-refractivity contribution in [2.75, 3.05) is 0 Å². The molecule has 0 fully saturated rings. The molecule has 0 rings (SSSR count). The SMILES string of the molecule is CC[C@@H](C)C(N)CC(C)(C)C. The van der Waals surface area contributed by atoms with Gasteiger partial charge in [0.05, 0.1) is 0 Å². The Balaban J connectivity index is 3.77. The zero-order valence-corrected chi connectivity index (χ0v) is 8.65. The van der Waals surface area contributed by atoms with Gasteiger partial charge in [0, 0.05) is 6.04 Å². The van der Waals surface area contributed by atoms with E-state index in [1.165, 1.54) is 6.42 Å². The Labute approximate surface area is 71.4 Å². The molecule has 0 bridgehead atoms. The van der Waals surface area contributed by atoms with Crippen LogP contribution in [0.5, 0.6) is 0 Å². The Morgan fingerprint density at radius 3 is 2.00 bits per heavy atom. The summed E-state index contributed by atoms with van der Waals surface area (Å²) in [5.74, 6) is 0.661. The van der Waals surface area contributed by atoms with E-state index in [9.17, 15) is 0 Å². The summed E-state index contributed by atoms with van der Waals surface area (Å²) in [6.45, 7) is 11.2. The summed E-state index contributed by atoms with van der Waals surface area (Å²) in [6, 6.07) is 0.375. The van der Waals surface area contributed by atoms with Crippen LogP contribution in [0.3, 0.4) is 0 Å². The van der Waals surface area contributed by atoms with Crippen LogP contribution in [0.2, 0.25) is 0 Å². The lowest BCUT2D eigenvalue weighted by Crippen LogP contribution is -2.32. The lowest BCUT2D eigenvalue weighted by atomic mass is 9.83. The second-order valence-electron chi connectivity index (χ2n) is 4.81. The highest BCUT2D eigenvalue weighted by atomic mass is 14.6. The summed E-state index contributed by atoms with van der Waals surface area (Å²) >= 11 is 0. The highest BCUT2D eigenvalue weighted by Crippen LogP contribution is 2.23. The number of nitrogens with two attached hydrogens (primary N) is 1. The monoisotopic (exact) mass is 157 g/mol. The minimum Gasteiger partial charge on any atom is -0.327 e. The van der Waals surface area contributed by atoms with E-state index in [2.05, 4.69) is 34.6 Å². The summed E-state index contributed by atoms with van der Waals surface area (Å²) in [6.07, 6.45) is 2.32. The average molecular weight is 157 g/mol. The van der Waals surface area contributed by atoms with E-state index in [-0.39, 0.29) is 0 Å². The first-order valence-corrected chi connectivity index (χ1v) is 4.62. The van der Waals surface area contributed by atoms with Crippen molar-refractivity contribution in [2.45, 2.75) is 53.5 Å². The summed E-state index contributed by atoms with van der Waals surface area (Å²) in [7, 11) is 0. The molecule has 1 heteroatoms. The van der Waals surface area contributed by atoms with Gasteiger partial charge in [-0.3, -0.25) is 0 Å². The van der Waals surface area contributed by atoms with Crippen LogP contribution in [0.15, 0.2) is 0 Å². The lowest BCUT2D eigenvalue weighted by Gasteiger charge is -2.26. The Kier molecular flexibility index (Phi) is 4.09. The van der Waals surface area contributed by atoms with Crippen molar-refractivity contribution in [2.24, 2.45) is 17.1 Å². The molecule has 11 heavy (non-hydrogen) atoms. The molecule has 0 heterocycles. The van der Waals surface area contributed by atoms with Gasteiger partial charge in [0.25, 0.3) is 0 Å². The van der Waals surface area contributed by atoms with E-state index in [1.807, 2.05) is 0 Å². The minimum absolute atomic E-state index is 0.375. The summed E-state index contributed by atoms with van der Waals surface area (Å²) in [5, 5.41) is 0. The summed E-state index contributed by atoms with van der Waals surface area (Å²) in [5.41, 5.74) is 6.39. The Morgan fingerprint density at radius 2 is 1.73 bits per heavy atom. The molecular weight excluding hydrogens is 134 g/mol. The van der Waals surface area contributed by atoms with Crippen molar-refractivity contribution in [1.29, 1.82) is 0 Å². The van der Waals surface area contributed by atoms with Gasteiger partial charge in [0.15, 0.2) is 0 Å². The fraction of sp³-hybridized carbons (Fsp3) is 1.00. The van der Waals surface area contributed by atoms with Crippen LogP contribution in [0.4, 0.5) is 0 Å². The first kappa shape index (κ1) is 11.0. The molecule has 0 saturated carbocycles. The van der Waals surface area contributed by atoms with Crippen LogP contribution in [0, 0.1) is 11.3 Å². The second-order valence-corrected chi connectivity index (χ2v) is 4.81. The summed E-state index contributed by atoms with van der Waals surface area (Å²) < 4.78 is 0. The molecular formula is C10H23N. The van der Waals surface area contributed by atoms with E-state index in [0.29, 0.717) is 17.4 Å². The molecule has 0 aliphatic rings. The number of rotatable bonds is 3. The zero-order chi connectivity index (χ0) is 9.07. The van der Waals surface area contributed by atoms with Gasteiger partial charge in [-0.2, -0.15) is 0 Å². The third-order valence-electron chi connectivity index (χ3n) is 2.22. The maximum atomic E-state index is 6.01. The van der Waals surface area contributed by atoms with Crippen LogP contribution in [0.1, 0.15) is 47.5 Å². The highest BCUT2D eigenvalue weighted by molar-refractivity contribution is 4.74. The van der Waals surface area contributed by atoms with Crippen molar-refractivity contribution in [3.05, 3.63) is 0 Å². The molecule has 0 aromatic heterocycles. The molecule has 2 N–H and O–H groups in total. The molecule has 1 unspecified atom stereocenters. The Morgan fingerprint density at radius 1 is 1.27 bits per heavy atom. The third kappa shape index (κ3) is 5.25. The van der Waals surface area contributed by atoms with Crippen molar-refractivity contribution in [1.82, 2.24) is 0 Å². The van der Waals surface area contributed by atoms with E-state index >= 15 is 0 Å². The van der Waals surface area contributed by atoms with Crippen LogP contribution in [-0.4, -0.2) is 6.04 Å². The number of hydrogen-bond donors (Lipinski definition) is 1. The van der Waals surface area contributed by atoms with Crippen LogP contribution in [-0.2, 0) is 0 Å². The van der Waals surface area contributed by atoms with Crippen LogP contribution < -0.4 is 5.73 Å². The normalized spacial score (nSPS) is 18.0. The minimum atomic E-state index is 0.375. The van der Waals surface area contributed by atoms with Crippen molar-refractivity contribution >= 4 is 0 Å². The number of hydrogen-bond acceptors (Lipinski definition) is 1. The average Bonchev–Trinajstić information content (AvgIpc) is 1.82. The van der Waals surface area contributed by atoms with Gasteiger partial charge in [-0.05, 0) is 17.8 Å². The van der Waals surface area contributed by atoms with Crippen molar-refractivity contribution in [3.63, 3.8) is 0 Å². The van der Waals surface area contributed by atoms with Gasteiger partial charge >= 0.3 is 0 Å². The predicted octanol–water partition coefficient (Wildman–Crippen LogP) is 2.80. The molecule has 0 spiro atoms. The van der Waals surface area contributed by atoms with Gasteiger partial charge in [0.1, 0.15) is 0 Å². The molecule has 2 atom stereocenters. The van der Waals surface area contributed by atoms with Gasteiger partial charge in [-0.15, -0.1) is 0 Å². The third-order valence-corrected chi connectivity index (χ3v) is 2.22. The second kappa shape index (κ2) is 4.10. The molecule has 0 saturated heterocycles. The Hall–Kier alpha value is -0.0400. The highest BCUT2D eigenvalue weighted by Gasteiger charge is 2.18. The topological polar surface area (TPSA) is 26.0 Å². The van der Waals surface area contributed by atoms with Gasteiger partial charge < -0.3 is 5.73 Å². The quantitative estimate of drug-likeness (QED) is 0.670. The van der Waals surface area contributed by atoms with Gasteiger partial charge in [-0.25, -0.2) is 0 Å². The van der Waals surface area contributed by atoms with Crippen molar-refractivity contribution in [3.8, 4) is 0 Å². The lowest BCUT2D eigenvalue weighted by molar-refractivity contribution is 0.289. The molecule has 0 aromatic carbocycles. The van der Waals surface area contributed by atoms with Crippen molar-refractivity contribution < 1.29 is 0 Å². The fourth-order valence-corrected chi connectivity index (χ4v) is 1.21. The maximum Gasteiger partial charge on any atom is 0.00694 e. The fourth-order valence-electron chi connectivity index (χ4n) is 1.21. The largest absolute Gasteiger partial charge is 0.327 e. The molecule has 68 valence electrons. The maximum absolute atomic E-state index is 6.01. The van der Waals surface area contributed by atoms with Gasteiger partial charge in [-0.1, -0.05) is 41.0 Å². The summed E-state index contributed by atoms with van der Waals surface area (Å²) in [4.78, 5) is 0. The molecule has 0 aromatic rings. The molecule has 0 radical (unpaired) electrons. The standard InChI is InChI=1S/C10H23N/c1-6-8(2)9(11)7-10(3,4)5/h8-9H,6-7,11H2,1-5H3/t8-,9?/m1/s1.